The second-order valence-corrected chi connectivity index (χ2v) is 6.86. The fourth-order valence-corrected chi connectivity index (χ4v) is 3.22. The summed E-state index contributed by atoms with van der Waals surface area (Å²) in [5.41, 5.74) is 7.84. The van der Waals surface area contributed by atoms with Gasteiger partial charge in [-0.3, -0.25) is 4.79 Å². The van der Waals surface area contributed by atoms with Gasteiger partial charge in [-0.2, -0.15) is 0 Å². The Morgan fingerprint density at radius 1 is 1.24 bits per heavy atom. The lowest BCUT2D eigenvalue weighted by atomic mass is 10.00. The molecule has 3 rings (SSSR count). The second kappa shape index (κ2) is 8.04. The third-order valence-corrected chi connectivity index (χ3v) is 4.94. The zero-order valence-electron chi connectivity index (χ0n) is 13.6. The van der Waals surface area contributed by atoms with Crippen LogP contribution in [0, 0.1) is 5.92 Å². The summed E-state index contributed by atoms with van der Waals surface area (Å²) in [6, 6.07) is 7.18. The van der Waals surface area contributed by atoms with Gasteiger partial charge < -0.3 is 15.8 Å². The fraction of sp³-hybridized carbons (Fsp3) is 0.333. The Morgan fingerprint density at radius 2 is 2.00 bits per heavy atom. The van der Waals surface area contributed by atoms with Gasteiger partial charge in [0.05, 0.1) is 15.7 Å². The molecule has 1 aliphatic heterocycles. The molecule has 0 bridgehead atoms. The second-order valence-electron chi connectivity index (χ2n) is 6.04. The Labute approximate surface area is 156 Å². The van der Waals surface area contributed by atoms with Crippen molar-refractivity contribution in [1.29, 1.82) is 0 Å². The summed E-state index contributed by atoms with van der Waals surface area (Å²) in [7, 11) is 0. The van der Waals surface area contributed by atoms with Crippen molar-refractivity contribution in [1.82, 2.24) is 4.98 Å². The number of nitrogens with two attached hydrogens (primary N) is 1. The number of amides is 1. The van der Waals surface area contributed by atoms with Crippen LogP contribution in [-0.2, 0) is 4.74 Å². The maximum Gasteiger partial charge on any atom is 0.267 e. The fourth-order valence-electron chi connectivity index (χ4n) is 2.83. The summed E-state index contributed by atoms with van der Waals surface area (Å²) in [5.74, 6) is -0.0239. The van der Waals surface area contributed by atoms with Gasteiger partial charge in [-0.25, -0.2) is 4.98 Å². The van der Waals surface area contributed by atoms with Gasteiger partial charge in [0.1, 0.15) is 5.69 Å². The number of hydrogen-bond acceptors (Lipinski definition) is 4. The molecule has 1 amide bonds. The third-order valence-electron chi connectivity index (χ3n) is 4.31. The first-order valence-electron chi connectivity index (χ1n) is 8.11. The number of aromatic nitrogens is 1. The average Bonchev–Trinajstić information content (AvgIpc) is 2.62. The number of carbonyl (C=O) groups excluding carboxylic acids is 1. The first kappa shape index (κ1) is 18.0. The van der Waals surface area contributed by atoms with Crippen LogP contribution in [0.5, 0.6) is 0 Å². The minimum atomic E-state index is -0.593. The maximum atomic E-state index is 11.4. The molecule has 0 atom stereocenters. The largest absolute Gasteiger partial charge is 0.384 e. The van der Waals surface area contributed by atoms with Crippen LogP contribution in [0.25, 0.3) is 11.1 Å². The van der Waals surface area contributed by atoms with Gasteiger partial charge in [0.2, 0.25) is 0 Å². The molecule has 1 aromatic carbocycles. The summed E-state index contributed by atoms with van der Waals surface area (Å²) >= 11 is 12.6. The molecule has 3 N–H and O–H groups in total. The molecule has 5 nitrogen and oxygen atoms in total. The minimum absolute atomic E-state index is 0.172. The molecule has 2 aromatic rings. The summed E-state index contributed by atoms with van der Waals surface area (Å²) in [6.07, 6.45) is 3.52. The van der Waals surface area contributed by atoms with E-state index in [1.807, 2.05) is 18.2 Å². The summed E-state index contributed by atoms with van der Waals surface area (Å²) in [5, 5.41) is 4.49. The molecule has 25 heavy (non-hydrogen) atoms. The number of nitrogens with one attached hydrogen (secondary N) is 1. The van der Waals surface area contributed by atoms with Gasteiger partial charge in [0, 0.05) is 31.5 Å². The highest BCUT2D eigenvalue weighted by atomic mass is 35.5. The summed E-state index contributed by atoms with van der Waals surface area (Å²) in [6.45, 7) is 2.45. The number of anilines is 1. The van der Waals surface area contributed by atoms with Crippen molar-refractivity contribution < 1.29 is 9.53 Å². The number of benzene rings is 1. The molecule has 0 saturated carbocycles. The van der Waals surface area contributed by atoms with Crippen molar-refractivity contribution in [3.8, 4) is 11.1 Å². The molecule has 132 valence electrons. The lowest BCUT2D eigenvalue weighted by molar-refractivity contribution is 0.0699. The van der Waals surface area contributed by atoms with Crippen LogP contribution < -0.4 is 11.1 Å². The predicted octanol–water partition coefficient (Wildman–Crippen LogP) is 3.99. The first-order chi connectivity index (χ1) is 12.0. The number of nitrogens with zero attached hydrogens (tertiary/aromatic N) is 1. The van der Waals surface area contributed by atoms with E-state index in [0.717, 1.165) is 43.9 Å². The van der Waals surface area contributed by atoms with Gasteiger partial charge in [0.25, 0.3) is 5.91 Å². The van der Waals surface area contributed by atoms with Gasteiger partial charge in [0.15, 0.2) is 0 Å². The summed E-state index contributed by atoms with van der Waals surface area (Å²) < 4.78 is 5.38. The number of hydrogen-bond donors (Lipinski definition) is 2. The van der Waals surface area contributed by atoms with Crippen LogP contribution >= 0.6 is 23.2 Å². The van der Waals surface area contributed by atoms with Gasteiger partial charge in [-0.15, -0.1) is 0 Å². The smallest absolute Gasteiger partial charge is 0.267 e. The number of ether oxygens (including phenoxy) is 1. The first-order valence-corrected chi connectivity index (χ1v) is 8.87. The Hall–Kier alpha value is -1.82. The van der Waals surface area contributed by atoms with E-state index < -0.39 is 5.91 Å². The average molecular weight is 380 g/mol. The SMILES string of the molecule is NC(=O)c1cc(-c2ccc(Cl)c(NCC3CCOCC3)c2)c(Cl)cn1. The Balaban J connectivity index is 1.83. The van der Waals surface area contributed by atoms with E-state index >= 15 is 0 Å². The normalized spacial score (nSPS) is 15.1. The zero-order valence-corrected chi connectivity index (χ0v) is 15.1. The van der Waals surface area contributed by atoms with Crippen molar-refractivity contribution in [2.75, 3.05) is 25.1 Å². The van der Waals surface area contributed by atoms with E-state index in [2.05, 4.69) is 10.3 Å². The van der Waals surface area contributed by atoms with Gasteiger partial charge >= 0.3 is 0 Å². The predicted molar refractivity (Wildman–Crippen MR) is 100 cm³/mol. The molecule has 0 spiro atoms. The van der Waals surface area contributed by atoms with E-state index in [9.17, 15) is 4.79 Å². The van der Waals surface area contributed by atoms with E-state index in [1.54, 1.807) is 6.07 Å². The molecule has 1 saturated heterocycles. The minimum Gasteiger partial charge on any atom is -0.384 e. The van der Waals surface area contributed by atoms with Crippen molar-refractivity contribution in [3.63, 3.8) is 0 Å². The van der Waals surface area contributed by atoms with Crippen LogP contribution in [0.3, 0.4) is 0 Å². The highest BCUT2D eigenvalue weighted by molar-refractivity contribution is 6.34. The molecule has 1 aromatic heterocycles. The number of halogens is 2. The van der Waals surface area contributed by atoms with Gasteiger partial charge in [-0.1, -0.05) is 29.3 Å². The third kappa shape index (κ3) is 4.42. The van der Waals surface area contributed by atoms with E-state index in [-0.39, 0.29) is 5.69 Å². The molecule has 7 heteroatoms. The topological polar surface area (TPSA) is 77.2 Å². The number of pyridine rings is 1. The number of rotatable bonds is 5. The number of carbonyl (C=O) groups is 1. The molecular weight excluding hydrogens is 361 g/mol. The zero-order chi connectivity index (χ0) is 17.8. The van der Waals surface area contributed by atoms with E-state index in [0.29, 0.717) is 21.5 Å². The van der Waals surface area contributed by atoms with Gasteiger partial charge in [-0.05, 0) is 42.5 Å². The van der Waals surface area contributed by atoms with Crippen LogP contribution in [0.15, 0.2) is 30.5 Å². The van der Waals surface area contributed by atoms with E-state index in [1.165, 1.54) is 6.20 Å². The standard InChI is InChI=1S/C18H19Cl2N3O2/c19-14-2-1-12(13-8-17(18(21)24)23-10-15(13)20)7-16(14)22-9-11-3-5-25-6-4-11/h1-2,7-8,10-11,22H,3-6,9H2,(H2,21,24). The van der Waals surface area contributed by atoms with Crippen molar-refractivity contribution >= 4 is 34.8 Å². The van der Waals surface area contributed by atoms with Crippen molar-refractivity contribution in [2.45, 2.75) is 12.8 Å². The molecule has 0 radical (unpaired) electrons. The lowest BCUT2D eigenvalue weighted by Crippen LogP contribution is -2.22. The monoisotopic (exact) mass is 379 g/mol. The Morgan fingerprint density at radius 3 is 2.72 bits per heavy atom. The Kier molecular flexibility index (Phi) is 5.78. The molecule has 1 fully saturated rings. The van der Waals surface area contributed by atoms with Crippen LogP contribution in [0.4, 0.5) is 5.69 Å². The molecule has 1 aliphatic rings. The molecule has 2 heterocycles. The van der Waals surface area contributed by atoms with Crippen molar-refractivity contribution in [2.24, 2.45) is 11.7 Å². The lowest BCUT2D eigenvalue weighted by Gasteiger charge is -2.23. The van der Waals surface area contributed by atoms with Crippen LogP contribution in [0.2, 0.25) is 10.0 Å². The number of primary amides is 1. The maximum absolute atomic E-state index is 11.4. The van der Waals surface area contributed by atoms with Crippen molar-refractivity contribution in [3.05, 3.63) is 46.2 Å². The molecular formula is C18H19Cl2N3O2. The van der Waals surface area contributed by atoms with E-state index in [4.69, 9.17) is 33.7 Å². The quantitative estimate of drug-likeness (QED) is 0.822. The van der Waals surface area contributed by atoms with Crippen LogP contribution in [0.1, 0.15) is 23.3 Å². The Bertz CT molecular complexity index is 777. The summed E-state index contributed by atoms with van der Waals surface area (Å²) in [4.78, 5) is 15.3. The highest BCUT2D eigenvalue weighted by Crippen LogP contribution is 2.33. The molecule has 0 unspecified atom stereocenters. The van der Waals surface area contributed by atoms with Crippen LogP contribution in [-0.4, -0.2) is 30.6 Å². The molecule has 0 aliphatic carbocycles. The highest BCUT2D eigenvalue weighted by Gasteiger charge is 2.15.